The molecule has 3 heteroatoms. The lowest BCUT2D eigenvalue weighted by Crippen LogP contribution is -2.54. The second-order valence-corrected chi connectivity index (χ2v) is 6.74. The van der Waals surface area contributed by atoms with Crippen LogP contribution in [-0.2, 0) is 0 Å². The fourth-order valence-corrected chi connectivity index (χ4v) is 4.11. The van der Waals surface area contributed by atoms with E-state index in [1.54, 1.807) is 7.11 Å². The predicted molar refractivity (Wildman–Crippen MR) is 86.8 cm³/mol. The highest BCUT2D eigenvalue weighted by Gasteiger charge is 2.36. The first-order valence-corrected chi connectivity index (χ1v) is 8.29. The van der Waals surface area contributed by atoms with E-state index in [0.717, 1.165) is 17.8 Å². The monoisotopic (exact) mass is 288 g/mol. The van der Waals surface area contributed by atoms with E-state index < -0.39 is 0 Å². The average Bonchev–Trinajstić information content (AvgIpc) is 2.48. The Kier molecular flexibility index (Phi) is 4.51. The highest BCUT2D eigenvalue weighted by atomic mass is 16.5. The fourth-order valence-electron chi connectivity index (χ4n) is 4.11. The molecule has 0 spiro atoms. The van der Waals surface area contributed by atoms with Gasteiger partial charge in [-0.15, -0.1) is 0 Å². The largest absolute Gasteiger partial charge is 0.497 e. The lowest BCUT2D eigenvalue weighted by atomic mass is 9.82. The molecule has 2 heterocycles. The summed E-state index contributed by atoms with van der Waals surface area (Å²) in [7, 11) is 4.05. The van der Waals surface area contributed by atoms with Crippen LogP contribution in [0.4, 0.5) is 0 Å². The Morgan fingerprint density at radius 2 is 1.95 bits per heavy atom. The van der Waals surface area contributed by atoms with Crippen LogP contribution in [0.3, 0.4) is 0 Å². The zero-order valence-electron chi connectivity index (χ0n) is 13.5. The van der Waals surface area contributed by atoms with E-state index in [1.807, 2.05) is 6.07 Å². The van der Waals surface area contributed by atoms with Crippen molar-refractivity contribution < 1.29 is 4.74 Å². The minimum absolute atomic E-state index is 0.384. The molecule has 3 nitrogen and oxygen atoms in total. The van der Waals surface area contributed by atoms with Crippen molar-refractivity contribution in [2.75, 3.05) is 14.2 Å². The summed E-state index contributed by atoms with van der Waals surface area (Å²) in [5.74, 6) is 0.946. The fraction of sp³-hybridized carbons (Fsp3) is 0.667. The van der Waals surface area contributed by atoms with E-state index in [9.17, 15) is 0 Å². The maximum atomic E-state index is 5.34. The minimum Gasteiger partial charge on any atom is -0.497 e. The molecule has 1 N–H and O–H groups in total. The Morgan fingerprint density at radius 3 is 2.62 bits per heavy atom. The molecular formula is C18H28N2O. The lowest BCUT2D eigenvalue weighted by molar-refractivity contribution is 0.0463. The minimum atomic E-state index is 0.384. The summed E-state index contributed by atoms with van der Waals surface area (Å²) in [4.78, 5) is 2.62. The molecule has 2 aliphatic rings. The third-order valence-corrected chi connectivity index (χ3v) is 5.42. The van der Waals surface area contributed by atoms with Gasteiger partial charge in [-0.25, -0.2) is 0 Å². The van der Waals surface area contributed by atoms with Crippen LogP contribution >= 0.6 is 0 Å². The smallest absolute Gasteiger partial charge is 0.119 e. The number of nitrogens with zero attached hydrogens (tertiary/aromatic N) is 1. The third kappa shape index (κ3) is 3.24. The van der Waals surface area contributed by atoms with Crippen LogP contribution < -0.4 is 10.1 Å². The summed E-state index contributed by atoms with van der Waals surface area (Å²) >= 11 is 0. The van der Waals surface area contributed by atoms with E-state index in [-0.39, 0.29) is 0 Å². The van der Waals surface area contributed by atoms with Crippen LogP contribution in [0.15, 0.2) is 24.3 Å². The zero-order chi connectivity index (χ0) is 14.8. The molecule has 0 amide bonds. The highest BCUT2D eigenvalue weighted by molar-refractivity contribution is 5.30. The second kappa shape index (κ2) is 6.37. The van der Waals surface area contributed by atoms with Gasteiger partial charge in [0.15, 0.2) is 0 Å². The van der Waals surface area contributed by atoms with Gasteiger partial charge in [0.2, 0.25) is 0 Å². The van der Waals surface area contributed by atoms with Gasteiger partial charge < -0.3 is 15.0 Å². The number of piperidine rings is 2. The Hall–Kier alpha value is -1.06. The van der Waals surface area contributed by atoms with Crippen LogP contribution in [0.2, 0.25) is 0 Å². The van der Waals surface area contributed by atoms with Gasteiger partial charge in [0.1, 0.15) is 5.75 Å². The van der Waals surface area contributed by atoms with Gasteiger partial charge in [0, 0.05) is 24.2 Å². The molecule has 0 aliphatic carbocycles. The number of hydrogen-bond acceptors (Lipinski definition) is 3. The number of benzene rings is 1. The first kappa shape index (κ1) is 14.9. The Balaban J connectivity index is 1.63. The van der Waals surface area contributed by atoms with Gasteiger partial charge >= 0.3 is 0 Å². The van der Waals surface area contributed by atoms with E-state index >= 15 is 0 Å². The number of fused-ring (bicyclic) bond motifs is 2. The van der Waals surface area contributed by atoms with Gasteiger partial charge in [-0.1, -0.05) is 18.6 Å². The molecule has 21 heavy (non-hydrogen) atoms. The van der Waals surface area contributed by atoms with Crippen LogP contribution in [0.25, 0.3) is 0 Å². The first-order valence-electron chi connectivity index (χ1n) is 8.29. The molecule has 0 radical (unpaired) electrons. The molecule has 2 fully saturated rings. The van der Waals surface area contributed by atoms with Crippen molar-refractivity contribution in [3.63, 3.8) is 0 Å². The normalized spacial score (nSPS) is 30.9. The maximum Gasteiger partial charge on any atom is 0.119 e. The number of hydrogen-bond donors (Lipinski definition) is 1. The summed E-state index contributed by atoms with van der Waals surface area (Å²) in [6, 6.07) is 11.0. The number of rotatable bonds is 4. The molecule has 1 aromatic carbocycles. The topological polar surface area (TPSA) is 24.5 Å². The Morgan fingerprint density at radius 1 is 1.24 bits per heavy atom. The van der Waals surface area contributed by atoms with Crippen molar-refractivity contribution in [3.8, 4) is 5.75 Å². The van der Waals surface area contributed by atoms with Crippen LogP contribution in [0.1, 0.15) is 50.6 Å². The van der Waals surface area contributed by atoms with Gasteiger partial charge in [0.25, 0.3) is 0 Å². The molecule has 1 aromatic rings. The Labute approximate surface area is 128 Å². The first-order chi connectivity index (χ1) is 10.2. The van der Waals surface area contributed by atoms with E-state index in [0.29, 0.717) is 12.1 Å². The summed E-state index contributed by atoms with van der Waals surface area (Å²) in [6.07, 6.45) is 6.75. The zero-order valence-corrected chi connectivity index (χ0v) is 13.5. The molecule has 3 atom stereocenters. The van der Waals surface area contributed by atoms with E-state index in [4.69, 9.17) is 4.74 Å². The standard InChI is InChI=1S/C18H28N2O/c1-13(14-6-4-9-18(10-14)21-3)19-15-11-16-7-5-8-17(12-15)20(16)2/h4,6,9-10,13,15-17,19H,5,7-8,11-12H2,1-3H3. The summed E-state index contributed by atoms with van der Waals surface area (Å²) < 4.78 is 5.34. The summed E-state index contributed by atoms with van der Waals surface area (Å²) in [5.41, 5.74) is 1.32. The SMILES string of the molecule is COc1cccc(C(C)NC2CC3CCCC(C2)N3C)c1. The highest BCUT2D eigenvalue weighted by Crippen LogP contribution is 2.33. The van der Waals surface area contributed by atoms with Crippen molar-refractivity contribution in [1.29, 1.82) is 0 Å². The van der Waals surface area contributed by atoms with Gasteiger partial charge in [-0.05, 0) is 57.4 Å². The van der Waals surface area contributed by atoms with Crippen molar-refractivity contribution in [2.45, 2.75) is 63.2 Å². The number of ether oxygens (including phenoxy) is 1. The molecular weight excluding hydrogens is 260 g/mol. The van der Waals surface area contributed by atoms with Gasteiger partial charge in [0.05, 0.1) is 7.11 Å². The van der Waals surface area contributed by atoms with Crippen molar-refractivity contribution in [1.82, 2.24) is 10.2 Å². The van der Waals surface area contributed by atoms with Crippen LogP contribution in [-0.4, -0.2) is 37.2 Å². The quantitative estimate of drug-likeness (QED) is 0.919. The van der Waals surface area contributed by atoms with Crippen LogP contribution in [0.5, 0.6) is 5.75 Å². The molecule has 2 bridgehead atoms. The number of methoxy groups -OCH3 is 1. The van der Waals surface area contributed by atoms with E-state index in [2.05, 4.69) is 42.4 Å². The molecule has 3 unspecified atom stereocenters. The Bertz CT molecular complexity index is 462. The van der Waals surface area contributed by atoms with Crippen molar-refractivity contribution in [2.24, 2.45) is 0 Å². The molecule has 2 aliphatic heterocycles. The average molecular weight is 288 g/mol. The molecule has 3 rings (SSSR count). The summed E-state index contributed by atoms with van der Waals surface area (Å²) in [5, 5.41) is 3.85. The second-order valence-electron chi connectivity index (χ2n) is 6.74. The van der Waals surface area contributed by atoms with Crippen LogP contribution in [0, 0.1) is 0 Å². The predicted octanol–water partition coefficient (Wildman–Crippen LogP) is 3.36. The molecule has 116 valence electrons. The van der Waals surface area contributed by atoms with E-state index in [1.165, 1.54) is 37.7 Å². The molecule has 2 saturated heterocycles. The van der Waals surface area contributed by atoms with Gasteiger partial charge in [-0.2, -0.15) is 0 Å². The maximum absolute atomic E-state index is 5.34. The molecule has 0 saturated carbocycles. The van der Waals surface area contributed by atoms with Gasteiger partial charge in [-0.3, -0.25) is 0 Å². The lowest BCUT2D eigenvalue weighted by Gasteiger charge is -2.47. The third-order valence-electron chi connectivity index (χ3n) is 5.42. The molecule has 0 aromatic heterocycles. The van der Waals surface area contributed by atoms with Crippen molar-refractivity contribution >= 4 is 0 Å². The number of nitrogens with one attached hydrogen (secondary N) is 1. The summed E-state index contributed by atoms with van der Waals surface area (Å²) in [6.45, 7) is 2.27. The van der Waals surface area contributed by atoms with Crippen molar-refractivity contribution in [3.05, 3.63) is 29.8 Å².